The van der Waals surface area contributed by atoms with Crippen LogP contribution in [0.1, 0.15) is 35.8 Å². The predicted octanol–water partition coefficient (Wildman–Crippen LogP) is 3.58. The monoisotopic (exact) mass is 343 g/mol. The molecule has 1 saturated heterocycles. The molecule has 4 nitrogen and oxygen atoms in total. The van der Waals surface area contributed by atoms with Gasteiger partial charge in [0.1, 0.15) is 0 Å². The van der Waals surface area contributed by atoms with Gasteiger partial charge in [0, 0.05) is 24.0 Å². The molecular formula is C19H25N3OS. The fourth-order valence-corrected chi connectivity index (χ4v) is 3.87. The highest BCUT2D eigenvalue weighted by atomic mass is 32.1. The Hall–Kier alpha value is -1.72. The molecule has 0 aromatic carbocycles. The fraction of sp³-hybridized carbons (Fsp3) is 0.474. The van der Waals surface area contributed by atoms with Crippen molar-refractivity contribution in [1.82, 2.24) is 15.2 Å². The Bertz CT molecular complexity index is 676. The number of nitrogens with zero attached hydrogens (tertiary/aromatic N) is 2. The van der Waals surface area contributed by atoms with Gasteiger partial charge >= 0.3 is 0 Å². The van der Waals surface area contributed by atoms with Gasteiger partial charge in [-0.3, -0.25) is 9.78 Å². The summed E-state index contributed by atoms with van der Waals surface area (Å²) in [5, 5.41) is 7.54. The molecule has 1 N–H and O–H groups in total. The Kier molecular flexibility index (Phi) is 5.63. The van der Waals surface area contributed by atoms with Gasteiger partial charge in [-0.2, -0.15) is 11.3 Å². The van der Waals surface area contributed by atoms with Crippen molar-refractivity contribution >= 4 is 17.2 Å². The van der Waals surface area contributed by atoms with Crippen LogP contribution in [0.2, 0.25) is 0 Å². The molecule has 0 radical (unpaired) electrons. The summed E-state index contributed by atoms with van der Waals surface area (Å²) in [7, 11) is 0. The van der Waals surface area contributed by atoms with E-state index in [1.165, 1.54) is 0 Å². The van der Waals surface area contributed by atoms with E-state index < -0.39 is 0 Å². The van der Waals surface area contributed by atoms with E-state index in [0.717, 1.165) is 61.5 Å². The van der Waals surface area contributed by atoms with Crippen LogP contribution >= 0.6 is 11.3 Å². The van der Waals surface area contributed by atoms with Crippen LogP contribution in [0, 0.1) is 12.8 Å². The molecule has 5 heteroatoms. The molecule has 1 aliphatic rings. The van der Waals surface area contributed by atoms with Crippen LogP contribution < -0.4 is 5.32 Å². The van der Waals surface area contributed by atoms with Crippen molar-refractivity contribution in [3.8, 4) is 11.3 Å². The minimum absolute atomic E-state index is 0.124. The third-order valence-corrected chi connectivity index (χ3v) is 5.40. The van der Waals surface area contributed by atoms with Crippen molar-refractivity contribution < 1.29 is 4.79 Å². The number of carbonyl (C=O) groups is 1. The molecule has 1 amide bonds. The van der Waals surface area contributed by atoms with E-state index in [9.17, 15) is 4.79 Å². The molecule has 3 heterocycles. The third-order valence-electron chi connectivity index (χ3n) is 4.72. The molecule has 0 bridgehead atoms. The highest BCUT2D eigenvalue weighted by Gasteiger charge is 2.24. The average Bonchev–Trinajstić information content (AvgIpc) is 3.14. The Balaban J connectivity index is 1.65. The number of amides is 1. The number of pyridine rings is 1. The number of thiophene rings is 1. The SMILES string of the molecule is CCNCC1CCN(C(=O)c2ccc(-c3ccsc3)nc2C)CC1. The summed E-state index contributed by atoms with van der Waals surface area (Å²) >= 11 is 1.66. The molecule has 0 unspecified atom stereocenters. The Morgan fingerprint density at radius 2 is 2.12 bits per heavy atom. The number of aromatic nitrogens is 1. The van der Waals surface area contributed by atoms with E-state index in [4.69, 9.17) is 0 Å². The summed E-state index contributed by atoms with van der Waals surface area (Å²) in [6.07, 6.45) is 2.16. The van der Waals surface area contributed by atoms with Crippen LogP contribution in [0.15, 0.2) is 29.0 Å². The standard InChI is InChI=1S/C19H25N3OS/c1-3-20-12-15-6-9-22(10-7-15)19(23)17-4-5-18(21-14(17)2)16-8-11-24-13-16/h4-5,8,11,13,15,20H,3,6-7,9-10,12H2,1-2H3. The van der Waals surface area contributed by atoms with Crippen molar-refractivity contribution in [2.45, 2.75) is 26.7 Å². The molecule has 0 spiro atoms. The molecule has 128 valence electrons. The van der Waals surface area contributed by atoms with E-state index in [0.29, 0.717) is 5.92 Å². The van der Waals surface area contributed by atoms with Gasteiger partial charge in [-0.25, -0.2) is 0 Å². The number of rotatable bonds is 5. The third kappa shape index (κ3) is 3.84. The normalized spacial score (nSPS) is 15.7. The quantitative estimate of drug-likeness (QED) is 0.902. The van der Waals surface area contributed by atoms with Gasteiger partial charge in [-0.1, -0.05) is 6.92 Å². The van der Waals surface area contributed by atoms with Crippen LogP contribution in [-0.4, -0.2) is 42.0 Å². The second kappa shape index (κ2) is 7.90. The lowest BCUT2D eigenvalue weighted by Crippen LogP contribution is -2.41. The molecule has 2 aromatic rings. The highest BCUT2D eigenvalue weighted by molar-refractivity contribution is 7.08. The van der Waals surface area contributed by atoms with Crippen molar-refractivity contribution in [3.63, 3.8) is 0 Å². The summed E-state index contributed by atoms with van der Waals surface area (Å²) in [5.74, 6) is 0.813. The van der Waals surface area contributed by atoms with Crippen molar-refractivity contribution in [3.05, 3.63) is 40.2 Å². The number of hydrogen-bond acceptors (Lipinski definition) is 4. The second-order valence-electron chi connectivity index (χ2n) is 6.38. The van der Waals surface area contributed by atoms with E-state index in [-0.39, 0.29) is 5.91 Å². The first-order chi connectivity index (χ1) is 11.7. The van der Waals surface area contributed by atoms with Crippen LogP contribution in [0.5, 0.6) is 0 Å². The first-order valence-electron chi connectivity index (χ1n) is 8.69. The molecular weight excluding hydrogens is 318 g/mol. The van der Waals surface area contributed by atoms with Crippen LogP contribution in [0.25, 0.3) is 11.3 Å². The molecule has 0 atom stereocenters. The van der Waals surface area contributed by atoms with Gasteiger partial charge in [0.2, 0.25) is 0 Å². The Morgan fingerprint density at radius 1 is 1.33 bits per heavy atom. The zero-order chi connectivity index (χ0) is 16.9. The first kappa shape index (κ1) is 17.1. The van der Waals surface area contributed by atoms with Crippen LogP contribution in [0.3, 0.4) is 0 Å². The number of likely N-dealkylation sites (tertiary alicyclic amines) is 1. The number of nitrogens with one attached hydrogen (secondary N) is 1. The van der Waals surface area contributed by atoms with Gasteiger partial charge in [-0.05, 0) is 62.4 Å². The number of hydrogen-bond donors (Lipinski definition) is 1. The van der Waals surface area contributed by atoms with Gasteiger partial charge in [-0.15, -0.1) is 0 Å². The van der Waals surface area contributed by atoms with Gasteiger partial charge < -0.3 is 10.2 Å². The number of carbonyl (C=O) groups excluding carboxylic acids is 1. The summed E-state index contributed by atoms with van der Waals surface area (Å²) in [6, 6.07) is 5.95. The summed E-state index contributed by atoms with van der Waals surface area (Å²) in [6.45, 7) is 7.84. The zero-order valence-electron chi connectivity index (χ0n) is 14.4. The molecule has 1 aliphatic heterocycles. The topological polar surface area (TPSA) is 45.2 Å². The largest absolute Gasteiger partial charge is 0.339 e. The lowest BCUT2D eigenvalue weighted by atomic mass is 9.96. The van der Waals surface area contributed by atoms with Crippen LogP contribution in [0.4, 0.5) is 0 Å². The van der Waals surface area contributed by atoms with E-state index in [1.54, 1.807) is 11.3 Å². The smallest absolute Gasteiger partial charge is 0.255 e. The average molecular weight is 343 g/mol. The first-order valence-corrected chi connectivity index (χ1v) is 9.63. The minimum atomic E-state index is 0.124. The van der Waals surface area contributed by atoms with Gasteiger partial charge in [0.05, 0.1) is 17.0 Å². The van der Waals surface area contributed by atoms with E-state index in [2.05, 4.69) is 28.7 Å². The summed E-state index contributed by atoms with van der Waals surface area (Å²) in [5.41, 5.74) is 3.61. The van der Waals surface area contributed by atoms with Crippen LogP contribution in [-0.2, 0) is 0 Å². The molecule has 3 rings (SSSR count). The van der Waals surface area contributed by atoms with E-state index >= 15 is 0 Å². The van der Waals surface area contributed by atoms with Crippen molar-refractivity contribution in [2.75, 3.05) is 26.2 Å². The maximum Gasteiger partial charge on any atom is 0.255 e. The lowest BCUT2D eigenvalue weighted by Gasteiger charge is -2.32. The molecule has 2 aromatic heterocycles. The maximum atomic E-state index is 12.8. The lowest BCUT2D eigenvalue weighted by molar-refractivity contribution is 0.0689. The highest BCUT2D eigenvalue weighted by Crippen LogP contribution is 2.23. The predicted molar refractivity (Wildman–Crippen MR) is 99.5 cm³/mol. The van der Waals surface area contributed by atoms with Gasteiger partial charge in [0.25, 0.3) is 5.91 Å². The molecule has 1 fully saturated rings. The van der Waals surface area contributed by atoms with E-state index in [1.807, 2.05) is 29.3 Å². The Labute approximate surface area is 147 Å². The zero-order valence-corrected chi connectivity index (χ0v) is 15.2. The number of aryl methyl sites for hydroxylation is 1. The number of piperidine rings is 1. The summed E-state index contributed by atoms with van der Waals surface area (Å²) in [4.78, 5) is 19.4. The van der Waals surface area contributed by atoms with Crippen molar-refractivity contribution in [2.24, 2.45) is 5.92 Å². The van der Waals surface area contributed by atoms with Gasteiger partial charge in [0.15, 0.2) is 0 Å². The molecule has 0 saturated carbocycles. The summed E-state index contributed by atoms with van der Waals surface area (Å²) < 4.78 is 0. The molecule has 24 heavy (non-hydrogen) atoms. The minimum Gasteiger partial charge on any atom is -0.339 e. The fourth-order valence-electron chi connectivity index (χ4n) is 3.22. The Morgan fingerprint density at radius 3 is 2.75 bits per heavy atom. The molecule has 0 aliphatic carbocycles. The maximum absolute atomic E-state index is 12.8. The second-order valence-corrected chi connectivity index (χ2v) is 7.16. The van der Waals surface area contributed by atoms with Crippen molar-refractivity contribution in [1.29, 1.82) is 0 Å².